The topological polar surface area (TPSA) is 55.1 Å². The van der Waals surface area contributed by atoms with Gasteiger partial charge in [0.1, 0.15) is 0 Å². The van der Waals surface area contributed by atoms with Gasteiger partial charge in [-0.15, -0.1) is 5.92 Å². The van der Waals surface area contributed by atoms with E-state index in [0.717, 1.165) is 19.3 Å². The van der Waals surface area contributed by atoms with Gasteiger partial charge in [0.25, 0.3) is 0 Å². The maximum atomic E-state index is 11.3. The first-order valence-corrected chi connectivity index (χ1v) is 5.60. The highest BCUT2D eigenvalue weighted by molar-refractivity contribution is 5.76. The van der Waals surface area contributed by atoms with Gasteiger partial charge in [0, 0.05) is 6.42 Å². The minimum Gasteiger partial charge on any atom is -0.345 e. The predicted molar refractivity (Wildman–Crippen MR) is 63.1 cm³/mol. The van der Waals surface area contributed by atoms with E-state index in [1.54, 1.807) is 6.92 Å². The lowest BCUT2D eigenvalue weighted by Gasteiger charge is -2.12. The third-order valence-electron chi connectivity index (χ3n) is 2.48. The molecule has 0 radical (unpaired) electrons. The van der Waals surface area contributed by atoms with E-state index in [0.29, 0.717) is 25.4 Å². The van der Waals surface area contributed by atoms with Gasteiger partial charge in [-0.25, -0.2) is 0 Å². The van der Waals surface area contributed by atoms with Crippen LogP contribution in [0.2, 0.25) is 0 Å². The number of carbonyl (C=O) groups excluding carboxylic acids is 1. The van der Waals surface area contributed by atoms with Crippen molar-refractivity contribution in [3.8, 4) is 11.8 Å². The second-order valence-corrected chi connectivity index (χ2v) is 3.59. The summed E-state index contributed by atoms with van der Waals surface area (Å²) in [7, 11) is 0. The van der Waals surface area contributed by atoms with Crippen molar-refractivity contribution in [2.45, 2.75) is 39.5 Å². The average molecular weight is 210 g/mol. The minimum absolute atomic E-state index is 0.0909. The van der Waals surface area contributed by atoms with Crippen LogP contribution in [0.3, 0.4) is 0 Å². The monoisotopic (exact) mass is 210 g/mol. The molecule has 1 amide bonds. The fourth-order valence-electron chi connectivity index (χ4n) is 1.44. The third kappa shape index (κ3) is 8.02. The van der Waals surface area contributed by atoms with Gasteiger partial charge < -0.3 is 11.1 Å². The Morgan fingerprint density at radius 3 is 2.73 bits per heavy atom. The first kappa shape index (κ1) is 14.0. The molecule has 0 bridgehead atoms. The van der Waals surface area contributed by atoms with Crippen molar-refractivity contribution in [1.82, 2.24) is 5.32 Å². The van der Waals surface area contributed by atoms with Crippen LogP contribution < -0.4 is 11.1 Å². The zero-order chi connectivity index (χ0) is 11.5. The Morgan fingerprint density at radius 2 is 2.20 bits per heavy atom. The van der Waals surface area contributed by atoms with Crippen LogP contribution in [0.4, 0.5) is 0 Å². The van der Waals surface area contributed by atoms with Crippen LogP contribution in [0.5, 0.6) is 0 Å². The molecule has 1 unspecified atom stereocenters. The summed E-state index contributed by atoms with van der Waals surface area (Å²) in [6, 6.07) is 0. The van der Waals surface area contributed by atoms with Crippen molar-refractivity contribution < 1.29 is 4.79 Å². The zero-order valence-electron chi connectivity index (χ0n) is 9.81. The molecule has 3 nitrogen and oxygen atoms in total. The van der Waals surface area contributed by atoms with E-state index in [1.807, 2.05) is 0 Å². The van der Waals surface area contributed by atoms with Gasteiger partial charge in [-0.3, -0.25) is 4.79 Å². The maximum Gasteiger partial charge on any atom is 0.220 e. The number of hydrogen-bond donors (Lipinski definition) is 2. The van der Waals surface area contributed by atoms with E-state index < -0.39 is 0 Å². The number of amides is 1. The van der Waals surface area contributed by atoms with Crippen LogP contribution in [0.15, 0.2) is 0 Å². The first-order valence-electron chi connectivity index (χ1n) is 5.60. The van der Waals surface area contributed by atoms with Crippen LogP contribution in [0, 0.1) is 17.8 Å². The third-order valence-corrected chi connectivity index (χ3v) is 2.48. The lowest BCUT2D eigenvalue weighted by molar-refractivity contribution is -0.121. The molecule has 0 aromatic heterocycles. The molecular formula is C12H22N2O. The Bertz CT molecular complexity index is 228. The smallest absolute Gasteiger partial charge is 0.220 e. The second kappa shape index (κ2) is 9.54. The number of hydrogen-bond acceptors (Lipinski definition) is 2. The fourth-order valence-corrected chi connectivity index (χ4v) is 1.44. The van der Waals surface area contributed by atoms with E-state index in [1.165, 1.54) is 0 Å². The van der Waals surface area contributed by atoms with Crippen LogP contribution in [0.1, 0.15) is 39.5 Å². The highest BCUT2D eigenvalue weighted by Gasteiger charge is 2.07. The maximum absolute atomic E-state index is 11.3. The van der Waals surface area contributed by atoms with E-state index >= 15 is 0 Å². The van der Waals surface area contributed by atoms with E-state index in [-0.39, 0.29) is 5.91 Å². The molecule has 0 fully saturated rings. The van der Waals surface area contributed by atoms with Gasteiger partial charge >= 0.3 is 0 Å². The summed E-state index contributed by atoms with van der Waals surface area (Å²) in [5.74, 6) is 6.21. The molecule has 0 spiro atoms. The van der Waals surface area contributed by atoms with Gasteiger partial charge in [0.2, 0.25) is 5.91 Å². The van der Waals surface area contributed by atoms with Crippen LogP contribution in [-0.2, 0) is 4.79 Å². The molecule has 3 heteroatoms. The van der Waals surface area contributed by atoms with Gasteiger partial charge in [0.05, 0.1) is 6.54 Å². The molecule has 86 valence electrons. The van der Waals surface area contributed by atoms with Crippen LogP contribution >= 0.6 is 0 Å². The molecule has 0 aromatic carbocycles. The molecular weight excluding hydrogens is 188 g/mol. The highest BCUT2D eigenvalue weighted by Crippen LogP contribution is 2.13. The Hall–Kier alpha value is -1.01. The predicted octanol–water partition coefficient (Wildman–Crippen LogP) is 1.28. The van der Waals surface area contributed by atoms with E-state index in [2.05, 4.69) is 24.1 Å². The average Bonchev–Trinajstić information content (AvgIpc) is 2.24. The van der Waals surface area contributed by atoms with Gasteiger partial charge in [0.15, 0.2) is 0 Å². The Kier molecular flexibility index (Phi) is 8.90. The normalized spacial score (nSPS) is 11.4. The van der Waals surface area contributed by atoms with E-state index in [4.69, 9.17) is 5.73 Å². The standard InChI is InChI=1S/C12H22N2O/c1-3-5-10-14-12(15)7-6-11(4-2)8-9-13/h11H,4,6-10,13H2,1-2H3,(H,14,15). The summed E-state index contributed by atoms with van der Waals surface area (Å²) in [6.45, 7) is 5.08. The van der Waals surface area contributed by atoms with Crippen molar-refractivity contribution in [2.75, 3.05) is 13.1 Å². The van der Waals surface area contributed by atoms with Crippen molar-refractivity contribution in [2.24, 2.45) is 11.7 Å². The summed E-state index contributed by atoms with van der Waals surface area (Å²) in [6.07, 6.45) is 3.63. The molecule has 0 saturated carbocycles. The Morgan fingerprint density at radius 1 is 1.47 bits per heavy atom. The molecule has 0 rings (SSSR count). The van der Waals surface area contributed by atoms with Crippen molar-refractivity contribution in [3.05, 3.63) is 0 Å². The molecule has 0 aliphatic carbocycles. The number of nitrogens with one attached hydrogen (secondary N) is 1. The zero-order valence-corrected chi connectivity index (χ0v) is 9.81. The molecule has 0 saturated heterocycles. The minimum atomic E-state index is 0.0909. The molecule has 0 aromatic rings. The first-order chi connectivity index (χ1) is 7.24. The van der Waals surface area contributed by atoms with Crippen molar-refractivity contribution in [1.29, 1.82) is 0 Å². The van der Waals surface area contributed by atoms with Crippen LogP contribution in [-0.4, -0.2) is 19.0 Å². The van der Waals surface area contributed by atoms with Crippen LogP contribution in [0.25, 0.3) is 0 Å². The summed E-state index contributed by atoms with van der Waals surface area (Å²) in [5.41, 5.74) is 5.49. The van der Waals surface area contributed by atoms with Crippen molar-refractivity contribution >= 4 is 5.91 Å². The van der Waals surface area contributed by atoms with Crippen molar-refractivity contribution in [3.63, 3.8) is 0 Å². The summed E-state index contributed by atoms with van der Waals surface area (Å²) in [4.78, 5) is 11.3. The molecule has 0 aliphatic rings. The number of nitrogens with two attached hydrogens (primary N) is 1. The Balaban J connectivity index is 3.61. The lowest BCUT2D eigenvalue weighted by atomic mass is 9.96. The molecule has 1 atom stereocenters. The second-order valence-electron chi connectivity index (χ2n) is 3.59. The summed E-state index contributed by atoms with van der Waals surface area (Å²) >= 11 is 0. The SMILES string of the molecule is CC#CCNC(=O)CCC(CC)CCN. The molecule has 0 heterocycles. The van der Waals surface area contributed by atoms with Gasteiger partial charge in [-0.05, 0) is 32.2 Å². The summed E-state index contributed by atoms with van der Waals surface area (Å²) in [5, 5.41) is 2.76. The summed E-state index contributed by atoms with van der Waals surface area (Å²) < 4.78 is 0. The van der Waals surface area contributed by atoms with E-state index in [9.17, 15) is 4.79 Å². The van der Waals surface area contributed by atoms with Gasteiger partial charge in [-0.1, -0.05) is 19.3 Å². The quantitative estimate of drug-likeness (QED) is 0.622. The largest absolute Gasteiger partial charge is 0.345 e. The number of rotatable bonds is 7. The fraction of sp³-hybridized carbons (Fsp3) is 0.750. The highest BCUT2D eigenvalue weighted by atomic mass is 16.1. The molecule has 15 heavy (non-hydrogen) atoms. The van der Waals surface area contributed by atoms with Gasteiger partial charge in [-0.2, -0.15) is 0 Å². The number of carbonyl (C=O) groups is 1. The Labute approximate surface area is 92.8 Å². The lowest BCUT2D eigenvalue weighted by Crippen LogP contribution is -2.24. The molecule has 0 aliphatic heterocycles. The molecule has 3 N–H and O–H groups in total.